The minimum atomic E-state index is -0.673. The number of hydrogen-bond donors (Lipinski definition) is 1. The van der Waals surface area contributed by atoms with Crippen molar-refractivity contribution in [3.63, 3.8) is 0 Å². The van der Waals surface area contributed by atoms with Gasteiger partial charge in [0.05, 0.1) is 0 Å². The molecule has 0 atom stereocenters. The number of anilines is 1. The predicted octanol–water partition coefficient (Wildman–Crippen LogP) is 2.44. The summed E-state index contributed by atoms with van der Waals surface area (Å²) in [6.07, 6.45) is 0. The van der Waals surface area contributed by atoms with Gasteiger partial charge in [0.25, 0.3) is 0 Å². The number of rotatable bonds is 4. The first-order valence-electron chi connectivity index (χ1n) is 4.76. The highest BCUT2D eigenvalue weighted by atomic mass is 32.1. The van der Waals surface area contributed by atoms with Gasteiger partial charge in [-0.15, -0.1) is 10.2 Å². The SMILES string of the molecule is CNc1nnc(COc2cc(F)cc(F)c2)s1. The van der Waals surface area contributed by atoms with Crippen LogP contribution in [-0.4, -0.2) is 17.2 Å². The van der Waals surface area contributed by atoms with Gasteiger partial charge in [-0.3, -0.25) is 0 Å². The van der Waals surface area contributed by atoms with Crippen LogP contribution in [0.1, 0.15) is 5.01 Å². The zero-order valence-electron chi connectivity index (χ0n) is 8.91. The molecule has 0 aliphatic heterocycles. The average Bonchev–Trinajstić information content (AvgIpc) is 2.73. The Bertz CT molecular complexity index is 498. The van der Waals surface area contributed by atoms with E-state index >= 15 is 0 Å². The van der Waals surface area contributed by atoms with Crippen LogP contribution in [0, 0.1) is 11.6 Å². The molecular formula is C10H9F2N3OS. The maximum Gasteiger partial charge on any atom is 0.205 e. The van der Waals surface area contributed by atoms with Gasteiger partial charge in [-0.25, -0.2) is 8.78 Å². The van der Waals surface area contributed by atoms with E-state index in [4.69, 9.17) is 4.74 Å². The van der Waals surface area contributed by atoms with Crippen LogP contribution in [0.4, 0.5) is 13.9 Å². The van der Waals surface area contributed by atoms with Crippen molar-refractivity contribution in [3.8, 4) is 5.75 Å². The summed E-state index contributed by atoms with van der Waals surface area (Å²) in [6, 6.07) is 3.02. The maximum absolute atomic E-state index is 12.9. The van der Waals surface area contributed by atoms with E-state index in [0.717, 1.165) is 18.2 Å². The third kappa shape index (κ3) is 3.10. The molecule has 1 N–H and O–H groups in total. The fourth-order valence-corrected chi connectivity index (χ4v) is 1.78. The van der Waals surface area contributed by atoms with Gasteiger partial charge in [0, 0.05) is 25.2 Å². The smallest absolute Gasteiger partial charge is 0.205 e. The van der Waals surface area contributed by atoms with Crippen molar-refractivity contribution in [2.45, 2.75) is 6.61 Å². The lowest BCUT2D eigenvalue weighted by Crippen LogP contribution is -1.96. The molecule has 0 bridgehead atoms. The molecule has 2 aromatic rings. The topological polar surface area (TPSA) is 47.0 Å². The van der Waals surface area contributed by atoms with Crippen molar-refractivity contribution in [2.24, 2.45) is 0 Å². The zero-order chi connectivity index (χ0) is 12.3. The highest BCUT2D eigenvalue weighted by Crippen LogP contribution is 2.19. The Balaban J connectivity index is 2.01. The van der Waals surface area contributed by atoms with E-state index in [9.17, 15) is 8.78 Å². The normalized spacial score (nSPS) is 10.3. The van der Waals surface area contributed by atoms with Crippen LogP contribution in [0.2, 0.25) is 0 Å². The number of benzene rings is 1. The standard InChI is InChI=1S/C10H9F2N3OS/c1-13-10-15-14-9(17-10)5-16-8-3-6(11)2-7(12)4-8/h2-4H,5H2,1H3,(H,13,15). The van der Waals surface area contributed by atoms with Gasteiger partial charge in [-0.05, 0) is 0 Å². The molecule has 0 spiro atoms. The van der Waals surface area contributed by atoms with Crippen molar-refractivity contribution < 1.29 is 13.5 Å². The summed E-state index contributed by atoms with van der Waals surface area (Å²) in [5.41, 5.74) is 0. The van der Waals surface area contributed by atoms with Gasteiger partial charge in [-0.1, -0.05) is 11.3 Å². The van der Waals surface area contributed by atoms with E-state index in [2.05, 4.69) is 15.5 Å². The Morgan fingerprint density at radius 3 is 2.53 bits per heavy atom. The molecular weight excluding hydrogens is 248 g/mol. The van der Waals surface area contributed by atoms with E-state index < -0.39 is 11.6 Å². The average molecular weight is 257 g/mol. The van der Waals surface area contributed by atoms with E-state index in [0.29, 0.717) is 10.1 Å². The van der Waals surface area contributed by atoms with Crippen LogP contribution in [0.25, 0.3) is 0 Å². The molecule has 0 aliphatic carbocycles. The summed E-state index contributed by atoms with van der Waals surface area (Å²) < 4.78 is 30.9. The fourth-order valence-electron chi connectivity index (χ4n) is 1.17. The first kappa shape index (κ1) is 11.7. The molecule has 0 radical (unpaired) electrons. The van der Waals surface area contributed by atoms with Crippen LogP contribution in [0.3, 0.4) is 0 Å². The highest BCUT2D eigenvalue weighted by molar-refractivity contribution is 7.15. The Morgan fingerprint density at radius 1 is 1.24 bits per heavy atom. The van der Waals surface area contributed by atoms with Crippen molar-refractivity contribution in [2.75, 3.05) is 12.4 Å². The second-order valence-corrected chi connectivity index (χ2v) is 4.21. The summed E-state index contributed by atoms with van der Waals surface area (Å²) in [6.45, 7) is 0.127. The first-order chi connectivity index (χ1) is 8.17. The molecule has 7 heteroatoms. The van der Waals surface area contributed by atoms with Crippen LogP contribution in [0.5, 0.6) is 5.75 Å². The number of aromatic nitrogens is 2. The van der Waals surface area contributed by atoms with Gasteiger partial charge < -0.3 is 10.1 Å². The number of ether oxygens (including phenoxy) is 1. The molecule has 0 fully saturated rings. The van der Waals surface area contributed by atoms with Crippen molar-refractivity contribution in [3.05, 3.63) is 34.8 Å². The monoisotopic (exact) mass is 257 g/mol. The van der Waals surface area contributed by atoms with Gasteiger partial charge in [0.1, 0.15) is 24.0 Å². The van der Waals surface area contributed by atoms with Crippen molar-refractivity contribution in [1.82, 2.24) is 10.2 Å². The van der Waals surface area contributed by atoms with E-state index in [1.54, 1.807) is 7.05 Å². The van der Waals surface area contributed by atoms with Gasteiger partial charge in [0.15, 0.2) is 5.01 Å². The summed E-state index contributed by atoms with van der Waals surface area (Å²) >= 11 is 1.31. The number of nitrogens with zero attached hydrogens (tertiary/aromatic N) is 2. The summed E-state index contributed by atoms with van der Waals surface area (Å²) in [7, 11) is 1.73. The number of nitrogens with one attached hydrogen (secondary N) is 1. The van der Waals surface area contributed by atoms with Crippen molar-refractivity contribution >= 4 is 16.5 Å². The molecule has 0 saturated heterocycles. The van der Waals surface area contributed by atoms with Crippen LogP contribution in [-0.2, 0) is 6.61 Å². The van der Waals surface area contributed by atoms with Gasteiger partial charge in [-0.2, -0.15) is 0 Å². The quantitative estimate of drug-likeness (QED) is 0.913. The Labute approximate surface area is 100 Å². The predicted molar refractivity (Wildman–Crippen MR) is 60.1 cm³/mol. The molecule has 1 heterocycles. The highest BCUT2D eigenvalue weighted by Gasteiger charge is 2.05. The molecule has 17 heavy (non-hydrogen) atoms. The lowest BCUT2D eigenvalue weighted by atomic mass is 10.3. The van der Waals surface area contributed by atoms with Crippen LogP contribution >= 0.6 is 11.3 Å². The summed E-state index contributed by atoms with van der Waals surface area (Å²) in [5, 5.41) is 11.8. The largest absolute Gasteiger partial charge is 0.486 e. The lowest BCUT2D eigenvalue weighted by molar-refractivity contribution is 0.301. The first-order valence-corrected chi connectivity index (χ1v) is 5.58. The van der Waals surface area contributed by atoms with Crippen LogP contribution in [0.15, 0.2) is 18.2 Å². The van der Waals surface area contributed by atoms with E-state index in [1.165, 1.54) is 11.3 Å². The van der Waals surface area contributed by atoms with Gasteiger partial charge >= 0.3 is 0 Å². The Kier molecular flexibility index (Phi) is 3.48. The van der Waals surface area contributed by atoms with E-state index in [-0.39, 0.29) is 12.4 Å². The van der Waals surface area contributed by atoms with Crippen molar-refractivity contribution in [1.29, 1.82) is 0 Å². The van der Waals surface area contributed by atoms with Crippen LogP contribution < -0.4 is 10.1 Å². The molecule has 1 aromatic heterocycles. The molecule has 1 aromatic carbocycles. The minimum Gasteiger partial charge on any atom is -0.486 e. The number of halogens is 2. The molecule has 0 amide bonds. The third-order valence-corrected chi connectivity index (χ3v) is 2.79. The van der Waals surface area contributed by atoms with Gasteiger partial charge in [0.2, 0.25) is 5.13 Å². The summed E-state index contributed by atoms with van der Waals surface area (Å²) in [4.78, 5) is 0. The second kappa shape index (κ2) is 5.05. The molecule has 0 saturated carbocycles. The molecule has 4 nitrogen and oxygen atoms in total. The zero-order valence-corrected chi connectivity index (χ0v) is 9.72. The molecule has 90 valence electrons. The Morgan fingerprint density at radius 2 is 1.94 bits per heavy atom. The fraction of sp³-hybridized carbons (Fsp3) is 0.200. The summed E-state index contributed by atoms with van der Waals surface area (Å²) in [5.74, 6) is -1.22. The Hall–Kier alpha value is -1.76. The number of hydrogen-bond acceptors (Lipinski definition) is 5. The molecule has 0 unspecified atom stereocenters. The lowest BCUT2D eigenvalue weighted by Gasteiger charge is -2.03. The van der Waals surface area contributed by atoms with E-state index in [1.807, 2.05) is 0 Å². The maximum atomic E-state index is 12.9. The third-order valence-electron chi connectivity index (χ3n) is 1.88. The minimum absolute atomic E-state index is 0.127. The molecule has 0 aliphatic rings. The molecule has 2 rings (SSSR count). The second-order valence-electron chi connectivity index (χ2n) is 3.14.